The summed E-state index contributed by atoms with van der Waals surface area (Å²) in [6.07, 6.45) is 5.66. The van der Waals surface area contributed by atoms with Gasteiger partial charge >= 0.3 is 0 Å². The van der Waals surface area contributed by atoms with Crippen LogP contribution in [0.2, 0.25) is 0 Å². The fourth-order valence-corrected chi connectivity index (χ4v) is 3.55. The summed E-state index contributed by atoms with van der Waals surface area (Å²) < 4.78 is 18.4. The Balaban J connectivity index is 1.47. The largest absolute Gasteiger partial charge is 0.488 e. The van der Waals surface area contributed by atoms with E-state index in [4.69, 9.17) is 19.5 Å². The smallest absolute Gasteiger partial charge is 0.231 e. The number of hydrogen-bond acceptors (Lipinski definition) is 6. The second-order valence-corrected chi connectivity index (χ2v) is 7.65. The zero-order valence-electron chi connectivity index (χ0n) is 18.0. The summed E-state index contributed by atoms with van der Waals surface area (Å²) in [5.41, 5.74) is 3.15. The number of hydrogen-bond donors (Lipinski definition) is 1. The Kier molecular flexibility index (Phi) is 6.58. The Morgan fingerprint density at radius 1 is 1.19 bits per heavy atom. The van der Waals surface area contributed by atoms with E-state index in [0.29, 0.717) is 35.1 Å². The van der Waals surface area contributed by atoms with Gasteiger partial charge in [0.25, 0.3) is 0 Å². The number of allylic oxidation sites excluding steroid dienone is 1. The number of ether oxygens (including phenoxy) is 3. The average Bonchev–Trinajstić information content (AvgIpc) is 3.39. The van der Waals surface area contributed by atoms with Crippen LogP contribution in [0.25, 0.3) is 6.08 Å². The van der Waals surface area contributed by atoms with Gasteiger partial charge in [-0.3, -0.25) is 10.1 Å². The molecule has 3 aromatic rings. The van der Waals surface area contributed by atoms with Crippen molar-refractivity contribution in [2.24, 2.45) is 0 Å². The van der Waals surface area contributed by atoms with Gasteiger partial charge in [0, 0.05) is 18.3 Å². The van der Waals surface area contributed by atoms with Crippen LogP contribution in [0.1, 0.15) is 34.1 Å². The summed E-state index contributed by atoms with van der Waals surface area (Å²) in [6.45, 7) is 4.58. The van der Waals surface area contributed by atoms with E-state index >= 15 is 0 Å². The molecule has 2 heterocycles. The van der Waals surface area contributed by atoms with Crippen molar-refractivity contribution in [1.82, 2.24) is 4.57 Å². The standard InChI is InChI=1S/C25H25NO6/c1-17-11-22(25(27)20-8-9-23-24(13-20)30-16-29-23)26(14-17)10-4-6-19-5-3-7-21(12-19)32-18(2)15-31-28/h3-9,11-14,18,28H,10,15-16H2,1-2H3/b6-4+/t18-/m0/s1. The zero-order valence-corrected chi connectivity index (χ0v) is 18.0. The van der Waals surface area contributed by atoms with Gasteiger partial charge in [0.2, 0.25) is 12.6 Å². The number of carbonyl (C=O) groups excluding carboxylic acids is 1. The Labute approximate surface area is 186 Å². The van der Waals surface area contributed by atoms with Gasteiger partial charge < -0.3 is 18.8 Å². The lowest BCUT2D eigenvalue weighted by Gasteiger charge is -2.13. The SMILES string of the molecule is Cc1cc(C(=O)c2ccc3c(c2)OCO3)n(C/C=C/c2cccc(O[C@@H](C)COO)c2)c1. The molecule has 0 amide bonds. The second kappa shape index (κ2) is 9.72. The maximum atomic E-state index is 13.1. The molecule has 1 aliphatic heterocycles. The summed E-state index contributed by atoms with van der Waals surface area (Å²) >= 11 is 0. The number of benzene rings is 2. The van der Waals surface area contributed by atoms with E-state index in [1.807, 2.05) is 67.1 Å². The minimum Gasteiger partial charge on any atom is -0.488 e. The molecule has 0 radical (unpaired) electrons. The molecule has 1 atom stereocenters. The molecular weight excluding hydrogens is 410 g/mol. The summed E-state index contributed by atoms with van der Waals surface area (Å²) in [6, 6.07) is 14.8. The Morgan fingerprint density at radius 2 is 2.03 bits per heavy atom. The molecule has 0 saturated carbocycles. The van der Waals surface area contributed by atoms with Gasteiger partial charge in [-0.15, -0.1) is 0 Å². The first-order chi connectivity index (χ1) is 15.5. The molecule has 0 spiro atoms. The molecule has 1 aliphatic rings. The number of ketones is 1. The van der Waals surface area contributed by atoms with E-state index in [-0.39, 0.29) is 25.3 Å². The van der Waals surface area contributed by atoms with Crippen LogP contribution in [0.5, 0.6) is 17.2 Å². The first-order valence-corrected chi connectivity index (χ1v) is 10.3. The summed E-state index contributed by atoms with van der Waals surface area (Å²) in [5, 5.41) is 8.54. The number of aryl methyl sites for hydroxylation is 1. The first kappa shape index (κ1) is 21.7. The van der Waals surface area contributed by atoms with Crippen LogP contribution in [0.3, 0.4) is 0 Å². The lowest BCUT2D eigenvalue weighted by Crippen LogP contribution is -2.18. The number of fused-ring (bicyclic) bond motifs is 1. The van der Waals surface area contributed by atoms with Gasteiger partial charge in [-0.1, -0.05) is 24.3 Å². The molecule has 166 valence electrons. The Morgan fingerprint density at radius 3 is 2.88 bits per heavy atom. The fourth-order valence-electron chi connectivity index (χ4n) is 3.55. The monoisotopic (exact) mass is 435 g/mol. The predicted molar refractivity (Wildman–Crippen MR) is 119 cm³/mol. The van der Waals surface area contributed by atoms with Crippen molar-refractivity contribution in [3.8, 4) is 17.2 Å². The molecule has 0 fully saturated rings. The molecule has 32 heavy (non-hydrogen) atoms. The highest BCUT2D eigenvalue weighted by Gasteiger charge is 2.19. The third-order valence-electron chi connectivity index (χ3n) is 5.02. The topological polar surface area (TPSA) is 79.2 Å². The van der Waals surface area contributed by atoms with Gasteiger partial charge in [0.05, 0.1) is 5.69 Å². The molecule has 1 N–H and O–H groups in total. The highest BCUT2D eigenvalue weighted by Crippen LogP contribution is 2.33. The first-order valence-electron chi connectivity index (χ1n) is 10.3. The van der Waals surface area contributed by atoms with E-state index in [0.717, 1.165) is 11.1 Å². The van der Waals surface area contributed by atoms with E-state index in [2.05, 4.69) is 4.89 Å². The lowest BCUT2D eigenvalue weighted by molar-refractivity contribution is -0.253. The molecule has 7 heteroatoms. The molecule has 0 aliphatic carbocycles. The van der Waals surface area contributed by atoms with Crippen LogP contribution >= 0.6 is 0 Å². The minimum absolute atomic E-state index is 0.0692. The summed E-state index contributed by atoms with van der Waals surface area (Å²) in [7, 11) is 0. The molecule has 7 nitrogen and oxygen atoms in total. The third kappa shape index (κ3) is 5.01. The normalized spacial score (nSPS) is 13.5. The van der Waals surface area contributed by atoms with Crippen LogP contribution in [0.15, 0.2) is 60.8 Å². The lowest BCUT2D eigenvalue weighted by atomic mass is 10.1. The zero-order chi connectivity index (χ0) is 22.5. The minimum atomic E-state index is -0.271. The second-order valence-electron chi connectivity index (χ2n) is 7.65. The molecule has 0 unspecified atom stereocenters. The highest BCUT2D eigenvalue weighted by atomic mass is 17.1. The van der Waals surface area contributed by atoms with E-state index in [1.54, 1.807) is 18.2 Å². The van der Waals surface area contributed by atoms with Gasteiger partial charge in [-0.2, -0.15) is 0 Å². The molecule has 0 saturated heterocycles. The maximum Gasteiger partial charge on any atom is 0.231 e. The molecule has 4 rings (SSSR count). The van der Waals surface area contributed by atoms with Crippen molar-refractivity contribution in [3.05, 3.63) is 83.2 Å². The van der Waals surface area contributed by atoms with Crippen molar-refractivity contribution in [1.29, 1.82) is 0 Å². The highest BCUT2D eigenvalue weighted by molar-refractivity contribution is 6.08. The Bertz CT molecular complexity index is 1130. The quantitative estimate of drug-likeness (QED) is 0.298. The van der Waals surface area contributed by atoms with Gasteiger partial charge in [-0.05, 0) is 61.4 Å². The average molecular weight is 435 g/mol. The van der Waals surface area contributed by atoms with Crippen molar-refractivity contribution < 1.29 is 29.1 Å². The molecule has 0 bridgehead atoms. The van der Waals surface area contributed by atoms with Crippen molar-refractivity contribution in [2.75, 3.05) is 13.4 Å². The van der Waals surface area contributed by atoms with Gasteiger partial charge in [-0.25, -0.2) is 4.89 Å². The maximum absolute atomic E-state index is 13.1. The van der Waals surface area contributed by atoms with Crippen molar-refractivity contribution in [2.45, 2.75) is 26.5 Å². The van der Waals surface area contributed by atoms with Crippen LogP contribution in [0.4, 0.5) is 0 Å². The van der Waals surface area contributed by atoms with E-state index in [9.17, 15) is 4.79 Å². The van der Waals surface area contributed by atoms with Crippen molar-refractivity contribution >= 4 is 11.9 Å². The van der Waals surface area contributed by atoms with Crippen LogP contribution in [-0.4, -0.2) is 35.1 Å². The van der Waals surface area contributed by atoms with Crippen molar-refractivity contribution in [3.63, 3.8) is 0 Å². The predicted octanol–water partition coefficient (Wildman–Crippen LogP) is 4.73. The molecule has 2 aromatic carbocycles. The van der Waals surface area contributed by atoms with Crippen LogP contribution in [-0.2, 0) is 11.4 Å². The van der Waals surface area contributed by atoms with Crippen LogP contribution in [0, 0.1) is 6.92 Å². The van der Waals surface area contributed by atoms with E-state index < -0.39 is 0 Å². The third-order valence-corrected chi connectivity index (χ3v) is 5.02. The van der Waals surface area contributed by atoms with Gasteiger partial charge in [0.15, 0.2) is 11.5 Å². The number of rotatable bonds is 9. The van der Waals surface area contributed by atoms with Gasteiger partial charge in [0.1, 0.15) is 18.5 Å². The number of carbonyl (C=O) groups is 1. The van der Waals surface area contributed by atoms with E-state index in [1.165, 1.54) is 0 Å². The molecular formula is C25H25NO6. The molecule has 1 aromatic heterocycles. The summed E-state index contributed by atoms with van der Waals surface area (Å²) in [4.78, 5) is 17.3. The van der Waals surface area contributed by atoms with Crippen LogP contribution < -0.4 is 14.2 Å². The summed E-state index contributed by atoms with van der Waals surface area (Å²) in [5.74, 6) is 1.86. The Hall–Kier alpha value is -3.55. The number of aromatic nitrogens is 1. The fraction of sp³-hybridized carbons (Fsp3) is 0.240. The number of nitrogens with zero attached hydrogens (tertiary/aromatic N) is 1.